The van der Waals surface area contributed by atoms with Gasteiger partial charge in [-0.25, -0.2) is 14.8 Å². The zero-order valence-corrected chi connectivity index (χ0v) is 17.0. The Bertz CT molecular complexity index is 1060. The first-order valence-electron chi connectivity index (χ1n) is 8.97. The van der Waals surface area contributed by atoms with Crippen LogP contribution in [0.25, 0.3) is 12.2 Å². The Kier molecular flexibility index (Phi) is 5.08. The number of urea groups is 1. The molecule has 0 atom stereocenters. The van der Waals surface area contributed by atoms with E-state index in [9.17, 15) is 4.79 Å². The lowest BCUT2D eigenvalue weighted by atomic mass is 9.94. The van der Waals surface area contributed by atoms with Gasteiger partial charge in [-0.2, -0.15) is 4.89 Å². The van der Waals surface area contributed by atoms with Gasteiger partial charge in [-0.3, -0.25) is 5.32 Å². The second-order valence-corrected chi connectivity index (χ2v) is 8.52. The summed E-state index contributed by atoms with van der Waals surface area (Å²) in [7, 11) is 0. The Hall–Kier alpha value is -3.17. The highest BCUT2D eigenvalue weighted by atomic mass is 32.1. The number of oxazole rings is 1. The molecular formula is C20H20N4O4S. The minimum atomic E-state index is -0.378. The maximum absolute atomic E-state index is 12.2. The minimum Gasteiger partial charge on any atom is -0.441 e. The third-order valence-corrected chi connectivity index (χ3v) is 4.96. The van der Waals surface area contributed by atoms with Gasteiger partial charge in [0.15, 0.2) is 10.9 Å². The van der Waals surface area contributed by atoms with Gasteiger partial charge in [-0.15, -0.1) is 0 Å². The van der Waals surface area contributed by atoms with Crippen molar-refractivity contribution in [2.24, 2.45) is 0 Å². The molecule has 2 N–H and O–H groups in total. The smallest absolute Gasteiger partial charge is 0.325 e. The molecule has 0 saturated heterocycles. The standard InChI is InChI=1S/C20H20N4O4S/c1-20(2,3)16-10-21-17(27-16)7-5-14-9-22-19(29-14)24-18(25)23-13-4-6-15-12(8-13)11-26-28-15/h4-10H,11H2,1-3H3,(H2,22,23,24,25). The van der Waals surface area contributed by atoms with E-state index in [2.05, 4.69) is 41.4 Å². The first-order valence-corrected chi connectivity index (χ1v) is 9.79. The Morgan fingerprint density at radius 1 is 1.17 bits per heavy atom. The summed E-state index contributed by atoms with van der Waals surface area (Å²) >= 11 is 1.34. The SMILES string of the molecule is CC(C)(C)c1cnc(C=Cc2cnc(NC(=O)Nc3ccc4c(c3)COO4)s2)o1. The van der Waals surface area contributed by atoms with Gasteiger partial charge in [0.25, 0.3) is 0 Å². The number of thiazole rings is 1. The monoisotopic (exact) mass is 412 g/mol. The normalized spacial score (nSPS) is 13.3. The molecule has 4 rings (SSSR count). The van der Waals surface area contributed by atoms with E-state index in [0.29, 0.717) is 29.1 Å². The Morgan fingerprint density at radius 2 is 2.03 bits per heavy atom. The predicted molar refractivity (Wildman–Crippen MR) is 111 cm³/mol. The number of benzene rings is 1. The summed E-state index contributed by atoms with van der Waals surface area (Å²) in [5.41, 5.74) is 1.43. The minimum absolute atomic E-state index is 0.0904. The van der Waals surface area contributed by atoms with Gasteiger partial charge >= 0.3 is 6.03 Å². The average molecular weight is 412 g/mol. The van der Waals surface area contributed by atoms with E-state index in [4.69, 9.17) is 14.2 Å². The molecule has 29 heavy (non-hydrogen) atoms. The molecule has 8 nitrogen and oxygen atoms in total. The van der Waals surface area contributed by atoms with E-state index >= 15 is 0 Å². The molecule has 150 valence electrons. The average Bonchev–Trinajstić information content (AvgIpc) is 3.39. The quantitative estimate of drug-likeness (QED) is 0.581. The van der Waals surface area contributed by atoms with E-state index in [0.717, 1.165) is 16.2 Å². The lowest BCUT2D eigenvalue weighted by molar-refractivity contribution is -0.194. The highest BCUT2D eigenvalue weighted by molar-refractivity contribution is 7.16. The first kappa shape index (κ1) is 19.2. The van der Waals surface area contributed by atoms with Crippen LogP contribution in [-0.4, -0.2) is 16.0 Å². The van der Waals surface area contributed by atoms with Crippen molar-refractivity contribution in [3.8, 4) is 5.75 Å². The molecule has 0 fully saturated rings. The lowest BCUT2D eigenvalue weighted by Crippen LogP contribution is -2.19. The number of aromatic nitrogens is 2. The molecule has 1 aliphatic heterocycles. The number of carbonyl (C=O) groups excluding carboxylic acids is 1. The molecule has 3 heterocycles. The summed E-state index contributed by atoms with van der Waals surface area (Å²) in [6, 6.07) is 4.92. The van der Waals surface area contributed by atoms with Gasteiger partial charge in [-0.1, -0.05) is 32.1 Å². The third-order valence-electron chi connectivity index (χ3n) is 4.08. The maximum atomic E-state index is 12.2. The molecule has 0 radical (unpaired) electrons. The van der Waals surface area contributed by atoms with E-state index in [1.54, 1.807) is 36.7 Å². The van der Waals surface area contributed by atoms with Crippen molar-refractivity contribution in [3.05, 3.63) is 52.7 Å². The molecule has 3 aromatic rings. The Labute approximate surface area is 171 Å². The zero-order valence-electron chi connectivity index (χ0n) is 16.2. The molecule has 0 saturated carbocycles. The van der Waals surface area contributed by atoms with Crippen LogP contribution < -0.4 is 15.5 Å². The van der Waals surface area contributed by atoms with Crippen LogP contribution in [0.15, 0.2) is 35.0 Å². The highest BCUT2D eigenvalue weighted by Crippen LogP contribution is 2.29. The van der Waals surface area contributed by atoms with Crippen molar-refractivity contribution >= 4 is 40.3 Å². The van der Waals surface area contributed by atoms with E-state index < -0.39 is 0 Å². The second-order valence-electron chi connectivity index (χ2n) is 7.46. The predicted octanol–water partition coefficient (Wildman–Crippen LogP) is 5.07. The topological polar surface area (TPSA) is 98.5 Å². The molecule has 0 aliphatic carbocycles. The largest absolute Gasteiger partial charge is 0.441 e. The number of fused-ring (bicyclic) bond motifs is 1. The van der Waals surface area contributed by atoms with Gasteiger partial charge in [-0.05, 0) is 24.3 Å². The van der Waals surface area contributed by atoms with Crippen LogP contribution >= 0.6 is 11.3 Å². The molecule has 1 aliphatic rings. The van der Waals surface area contributed by atoms with Crippen LogP contribution in [0, 0.1) is 0 Å². The number of hydrogen-bond donors (Lipinski definition) is 2. The molecule has 0 spiro atoms. The van der Waals surface area contributed by atoms with Crippen LogP contribution in [0.5, 0.6) is 5.75 Å². The van der Waals surface area contributed by atoms with Crippen molar-refractivity contribution < 1.29 is 19.0 Å². The number of anilines is 2. The Balaban J connectivity index is 1.35. The summed E-state index contributed by atoms with van der Waals surface area (Å²) in [4.78, 5) is 31.4. The molecule has 2 aromatic heterocycles. The van der Waals surface area contributed by atoms with Crippen LogP contribution in [0.3, 0.4) is 0 Å². The molecular weight excluding hydrogens is 392 g/mol. The number of hydrogen-bond acceptors (Lipinski definition) is 7. The molecule has 2 amide bonds. The summed E-state index contributed by atoms with van der Waals surface area (Å²) in [6.45, 7) is 6.56. The fraction of sp³-hybridized carbons (Fsp3) is 0.250. The van der Waals surface area contributed by atoms with E-state index in [1.165, 1.54) is 11.3 Å². The molecule has 0 bridgehead atoms. The van der Waals surface area contributed by atoms with Gasteiger partial charge < -0.3 is 14.6 Å². The number of nitrogens with zero attached hydrogens (tertiary/aromatic N) is 2. The summed E-state index contributed by atoms with van der Waals surface area (Å²) in [5, 5.41) is 5.97. The van der Waals surface area contributed by atoms with Crippen LogP contribution in [-0.2, 0) is 16.9 Å². The van der Waals surface area contributed by atoms with Crippen molar-refractivity contribution in [3.63, 3.8) is 0 Å². The summed E-state index contributed by atoms with van der Waals surface area (Å²) < 4.78 is 5.73. The highest BCUT2D eigenvalue weighted by Gasteiger charge is 2.18. The van der Waals surface area contributed by atoms with Gasteiger partial charge in [0.2, 0.25) is 5.89 Å². The zero-order chi connectivity index (χ0) is 20.4. The van der Waals surface area contributed by atoms with Gasteiger partial charge in [0.1, 0.15) is 12.4 Å². The third kappa shape index (κ3) is 4.64. The number of rotatable bonds is 4. The lowest BCUT2D eigenvalue weighted by Gasteiger charge is -2.12. The molecule has 9 heteroatoms. The number of carbonyl (C=O) groups is 1. The van der Waals surface area contributed by atoms with Crippen molar-refractivity contribution in [2.45, 2.75) is 32.8 Å². The van der Waals surface area contributed by atoms with Crippen LogP contribution in [0.4, 0.5) is 15.6 Å². The van der Waals surface area contributed by atoms with Crippen LogP contribution in [0.1, 0.15) is 42.9 Å². The van der Waals surface area contributed by atoms with E-state index in [1.807, 2.05) is 6.08 Å². The van der Waals surface area contributed by atoms with E-state index in [-0.39, 0.29) is 11.4 Å². The Morgan fingerprint density at radius 3 is 2.83 bits per heavy atom. The fourth-order valence-electron chi connectivity index (χ4n) is 2.55. The van der Waals surface area contributed by atoms with Crippen molar-refractivity contribution in [1.29, 1.82) is 0 Å². The van der Waals surface area contributed by atoms with Crippen LogP contribution in [0.2, 0.25) is 0 Å². The summed E-state index contributed by atoms with van der Waals surface area (Å²) in [5.74, 6) is 2.01. The first-order chi connectivity index (χ1) is 13.9. The van der Waals surface area contributed by atoms with Crippen molar-refractivity contribution in [1.82, 2.24) is 9.97 Å². The second kappa shape index (κ2) is 7.69. The maximum Gasteiger partial charge on any atom is 0.325 e. The van der Waals surface area contributed by atoms with Gasteiger partial charge in [0, 0.05) is 33.8 Å². The number of nitrogens with one attached hydrogen (secondary N) is 2. The molecule has 1 aromatic carbocycles. The fourth-order valence-corrected chi connectivity index (χ4v) is 3.27. The van der Waals surface area contributed by atoms with Crippen molar-refractivity contribution in [2.75, 3.05) is 10.6 Å². The van der Waals surface area contributed by atoms with Gasteiger partial charge in [0.05, 0.1) is 6.20 Å². The summed E-state index contributed by atoms with van der Waals surface area (Å²) in [6.07, 6.45) is 7.04. The molecule has 0 unspecified atom stereocenters. The number of amides is 2.